The first-order valence-corrected chi connectivity index (χ1v) is 4.77. The van der Waals surface area contributed by atoms with Crippen LogP contribution in [0.1, 0.15) is 25.5 Å². The number of nitrogens with zero attached hydrogens (tertiary/aromatic N) is 3. The van der Waals surface area contributed by atoms with Crippen LogP contribution < -0.4 is 0 Å². The van der Waals surface area contributed by atoms with Gasteiger partial charge in [-0.1, -0.05) is 13.8 Å². The Hall–Kier alpha value is -0.830. The van der Waals surface area contributed by atoms with Crippen molar-refractivity contribution >= 4 is 0 Å². The predicted octanol–water partition coefficient (Wildman–Crippen LogP) is 1.57. The van der Waals surface area contributed by atoms with E-state index in [1.807, 2.05) is 4.68 Å². The molecule has 0 aromatic carbocycles. The molecule has 0 amide bonds. The maximum Gasteiger partial charge on any atom is 0.0649 e. The Kier molecular flexibility index (Phi) is 3.48. The van der Waals surface area contributed by atoms with Gasteiger partial charge in [-0.05, 0) is 26.1 Å². The van der Waals surface area contributed by atoms with Crippen LogP contribution in [0, 0.1) is 0 Å². The molecular weight excluding hydrogens is 162 g/mol. The fraction of sp³-hybridized carbons (Fsp3) is 0.700. The van der Waals surface area contributed by atoms with E-state index in [4.69, 9.17) is 0 Å². The van der Waals surface area contributed by atoms with E-state index in [0.29, 0.717) is 5.92 Å². The van der Waals surface area contributed by atoms with Gasteiger partial charge in [0.1, 0.15) is 0 Å². The van der Waals surface area contributed by atoms with Crippen molar-refractivity contribution in [2.24, 2.45) is 0 Å². The third-order valence-electron chi connectivity index (χ3n) is 2.03. The molecule has 0 radical (unpaired) electrons. The van der Waals surface area contributed by atoms with Crippen LogP contribution in [0.25, 0.3) is 0 Å². The second kappa shape index (κ2) is 4.42. The molecule has 0 atom stereocenters. The summed E-state index contributed by atoms with van der Waals surface area (Å²) in [5, 5.41) is 4.47. The summed E-state index contributed by atoms with van der Waals surface area (Å²) in [5.41, 5.74) is 1.18. The van der Waals surface area contributed by atoms with Crippen molar-refractivity contribution in [1.82, 2.24) is 14.7 Å². The van der Waals surface area contributed by atoms with Crippen molar-refractivity contribution in [3.63, 3.8) is 0 Å². The lowest BCUT2D eigenvalue weighted by molar-refractivity contribution is 0.372. The monoisotopic (exact) mass is 181 g/mol. The van der Waals surface area contributed by atoms with Gasteiger partial charge >= 0.3 is 0 Å². The first-order chi connectivity index (χ1) is 6.09. The summed E-state index contributed by atoms with van der Waals surface area (Å²) in [6, 6.07) is 2.10. The minimum atomic E-state index is 0.528. The van der Waals surface area contributed by atoms with Crippen LogP contribution in [0.15, 0.2) is 12.3 Å². The molecule has 0 spiro atoms. The Morgan fingerprint density at radius 1 is 1.46 bits per heavy atom. The molecule has 13 heavy (non-hydrogen) atoms. The number of rotatable bonds is 4. The maximum absolute atomic E-state index is 4.47. The second-order valence-electron chi connectivity index (χ2n) is 3.96. The molecule has 0 N–H and O–H groups in total. The lowest BCUT2D eigenvalue weighted by Crippen LogP contribution is -2.18. The number of hydrogen-bond donors (Lipinski definition) is 0. The van der Waals surface area contributed by atoms with E-state index in [0.717, 1.165) is 13.1 Å². The minimum Gasteiger partial charge on any atom is -0.308 e. The molecule has 3 heteroatoms. The van der Waals surface area contributed by atoms with Crippen molar-refractivity contribution < 1.29 is 0 Å². The Balaban J connectivity index is 2.49. The SMILES string of the molecule is CC(C)c1ccn(CCN(C)C)n1. The highest BCUT2D eigenvalue weighted by Crippen LogP contribution is 2.09. The molecule has 0 unspecified atom stereocenters. The molecule has 0 aliphatic heterocycles. The molecule has 1 heterocycles. The summed E-state index contributed by atoms with van der Waals surface area (Å²) in [6.45, 7) is 6.34. The van der Waals surface area contributed by atoms with Crippen molar-refractivity contribution in [3.8, 4) is 0 Å². The third kappa shape index (κ3) is 3.19. The molecule has 1 aromatic heterocycles. The fourth-order valence-electron chi connectivity index (χ4n) is 1.11. The van der Waals surface area contributed by atoms with Gasteiger partial charge in [0.25, 0.3) is 0 Å². The standard InChI is InChI=1S/C10H19N3/c1-9(2)10-5-6-13(11-10)8-7-12(3)4/h5-6,9H,7-8H2,1-4H3. The molecule has 0 aliphatic carbocycles. The van der Waals surface area contributed by atoms with Gasteiger partial charge in [0.05, 0.1) is 12.2 Å². The minimum absolute atomic E-state index is 0.528. The topological polar surface area (TPSA) is 21.1 Å². The lowest BCUT2D eigenvalue weighted by Gasteiger charge is -2.08. The first kappa shape index (κ1) is 10.3. The molecule has 0 saturated heterocycles. The van der Waals surface area contributed by atoms with E-state index >= 15 is 0 Å². The van der Waals surface area contributed by atoms with Gasteiger partial charge < -0.3 is 4.90 Å². The summed E-state index contributed by atoms with van der Waals surface area (Å²) in [5.74, 6) is 0.528. The quantitative estimate of drug-likeness (QED) is 0.703. The lowest BCUT2D eigenvalue weighted by atomic mass is 10.1. The smallest absolute Gasteiger partial charge is 0.0649 e. The van der Waals surface area contributed by atoms with Crippen molar-refractivity contribution in [3.05, 3.63) is 18.0 Å². The van der Waals surface area contributed by atoms with E-state index in [1.54, 1.807) is 0 Å². The Labute approximate surface area is 80.4 Å². The molecule has 0 aliphatic rings. The van der Waals surface area contributed by atoms with Crippen molar-refractivity contribution in [2.75, 3.05) is 20.6 Å². The van der Waals surface area contributed by atoms with E-state index in [1.165, 1.54) is 5.69 Å². The average molecular weight is 181 g/mol. The van der Waals surface area contributed by atoms with Crippen LogP contribution in [0.5, 0.6) is 0 Å². The molecular formula is C10H19N3. The van der Waals surface area contributed by atoms with Crippen LogP contribution in [-0.4, -0.2) is 35.3 Å². The van der Waals surface area contributed by atoms with E-state index in [2.05, 4.69) is 50.2 Å². The second-order valence-corrected chi connectivity index (χ2v) is 3.96. The molecule has 0 bridgehead atoms. The maximum atomic E-state index is 4.47. The normalized spacial score (nSPS) is 11.5. The third-order valence-corrected chi connectivity index (χ3v) is 2.03. The summed E-state index contributed by atoms with van der Waals surface area (Å²) in [6.07, 6.45) is 2.05. The zero-order valence-electron chi connectivity index (χ0n) is 8.99. The van der Waals surface area contributed by atoms with E-state index in [9.17, 15) is 0 Å². The van der Waals surface area contributed by atoms with Gasteiger partial charge in [0.2, 0.25) is 0 Å². The first-order valence-electron chi connectivity index (χ1n) is 4.77. The highest BCUT2D eigenvalue weighted by molar-refractivity contribution is 5.03. The molecule has 74 valence electrons. The van der Waals surface area contributed by atoms with Crippen LogP contribution in [0.4, 0.5) is 0 Å². The van der Waals surface area contributed by atoms with E-state index < -0.39 is 0 Å². The number of likely N-dealkylation sites (N-methyl/N-ethyl adjacent to an activating group) is 1. The predicted molar refractivity (Wildman–Crippen MR) is 54.9 cm³/mol. The highest BCUT2D eigenvalue weighted by Gasteiger charge is 2.02. The molecule has 0 fully saturated rings. The number of hydrogen-bond acceptors (Lipinski definition) is 2. The van der Waals surface area contributed by atoms with Gasteiger partial charge in [0, 0.05) is 12.7 Å². The Morgan fingerprint density at radius 2 is 2.15 bits per heavy atom. The molecule has 3 nitrogen and oxygen atoms in total. The highest BCUT2D eigenvalue weighted by atomic mass is 15.3. The van der Waals surface area contributed by atoms with Crippen LogP contribution in [0.2, 0.25) is 0 Å². The van der Waals surface area contributed by atoms with Crippen LogP contribution >= 0.6 is 0 Å². The summed E-state index contributed by atoms with van der Waals surface area (Å²) < 4.78 is 2.01. The Bertz CT molecular complexity index is 250. The van der Waals surface area contributed by atoms with Gasteiger partial charge in [-0.2, -0.15) is 5.10 Å². The van der Waals surface area contributed by atoms with Crippen LogP contribution in [-0.2, 0) is 6.54 Å². The fourth-order valence-corrected chi connectivity index (χ4v) is 1.11. The molecule has 0 saturated carbocycles. The van der Waals surface area contributed by atoms with E-state index in [-0.39, 0.29) is 0 Å². The zero-order chi connectivity index (χ0) is 9.84. The van der Waals surface area contributed by atoms with Gasteiger partial charge in [-0.3, -0.25) is 4.68 Å². The Morgan fingerprint density at radius 3 is 2.62 bits per heavy atom. The summed E-state index contributed by atoms with van der Waals surface area (Å²) in [7, 11) is 4.15. The zero-order valence-corrected chi connectivity index (χ0v) is 8.99. The van der Waals surface area contributed by atoms with Gasteiger partial charge in [-0.25, -0.2) is 0 Å². The molecule has 1 aromatic rings. The number of aromatic nitrogens is 2. The van der Waals surface area contributed by atoms with Gasteiger partial charge in [0.15, 0.2) is 0 Å². The average Bonchev–Trinajstić information content (AvgIpc) is 2.48. The molecule has 1 rings (SSSR count). The largest absolute Gasteiger partial charge is 0.308 e. The summed E-state index contributed by atoms with van der Waals surface area (Å²) >= 11 is 0. The van der Waals surface area contributed by atoms with Gasteiger partial charge in [-0.15, -0.1) is 0 Å². The van der Waals surface area contributed by atoms with Crippen LogP contribution in [0.3, 0.4) is 0 Å². The van der Waals surface area contributed by atoms with Crippen molar-refractivity contribution in [1.29, 1.82) is 0 Å². The summed E-state index contributed by atoms with van der Waals surface area (Å²) in [4.78, 5) is 2.16. The van der Waals surface area contributed by atoms with Crippen molar-refractivity contribution in [2.45, 2.75) is 26.3 Å².